The van der Waals surface area contributed by atoms with Crippen LogP contribution in [-0.2, 0) is 5.75 Å². The normalized spacial score (nSPS) is 12.4. The Kier molecular flexibility index (Phi) is 7.50. The first kappa shape index (κ1) is 19.5. The van der Waals surface area contributed by atoms with Gasteiger partial charge in [0.2, 0.25) is 0 Å². The SMILES string of the molecule is Cc1cc(CSc2ncccc2C(=O)NC(C)CCCC(C)C)no1. The molecule has 0 saturated heterocycles. The van der Waals surface area contributed by atoms with Crippen LogP contribution in [0.3, 0.4) is 0 Å². The summed E-state index contributed by atoms with van der Waals surface area (Å²) in [5.41, 5.74) is 1.46. The van der Waals surface area contributed by atoms with Crippen molar-refractivity contribution >= 4 is 17.7 Å². The van der Waals surface area contributed by atoms with Gasteiger partial charge in [-0.2, -0.15) is 0 Å². The molecular formula is C19H27N3O2S. The lowest BCUT2D eigenvalue weighted by molar-refractivity contribution is 0.0934. The van der Waals surface area contributed by atoms with Gasteiger partial charge in [-0.3, -0.25) is 4.79 Å². The monoisotopic (exact) mass is 361 g/mol. The summed E-state index contributed by atoms with van der Waals surface area (Å²) in [5.74, 6) is 2.04. The van der Waals surface area contributed by atoms with Crippen LogP contribution < -0.4 is 5.32 Å². The molecule has 2 heterocycles. The number of hydrogen-bond donors (Lipinski definition) is 1. The Morgan fingerprint density at radius 3 is 2.80 bits per heavy atom. The van der Waals surface area contributed by atoms with Gasteiger partial charge in [0, 0.05) is 24.1 Å². The van der Waals surface area contributed by atoms with Crippen molar-refractivity contribution in [1.29, 1.82) is 0 Å². The zero-order valence-corrected chi connectivity index (χ0v) is 16.2. The molecule has 5 nitrogen and oxygen atoms in total. The number of nitrogens with one attached hydrogen (secondary N) is 1. The van der Waals surface area contributed by atoms with Crippen molar-refractivity contribution in [2.45, 2.75) is 63.8 Å². The molecule has 1 unspecified atom stereocenters. The van der Waals surface area contributed by atoms with Gasteiger partial charge in [-0.1, -0.05) is 43.6 Å². The van der Waals surface area contributed by atoms with Crippen molar-refractivity contribution in [3.63, 3.8) is 0 Å². The molecule has 6 heteroatoms. The van der Waals surface area contributed by atoms with E-state index in [0.29, 0.717) is 17.2 Å². The number of carbonyl (C=O) groups is 1. The lowest BCUT2D eigenvalue weighted by Crippen LogP contribution is -2.33. The molecule has 1 atom stereocenters. The Hall–Kier alpha value is -1.82. The maximum Gasteiger partial charge on any atom is 0.254 e. The summed E-state index contributed by atoms with van der Waals surface area (Å²) in [4.78, 5) is 16.9. The highest BCUT2D eigenvalue weighted by Crippen LogP contribution is 2.24. The van der Waals surface area contributed by atoms with Crippen molar-refractivity contribution in [2.24, 2.45) is 5.92 Å². The van der Waals surface area contributed by atoms with Gasteiger partial charge in [-0.15, -0.1) is 0 Å². The highest BCUT2D eigenvalue weighted by atomic mass is 32.2. The van der Waals surface area contributed by atoms with Gasteiger partial charge in [0.05, 0.1) is 11.3 Å². The minimum Gasteiger partial charge on any atom is -0.361 e. The summed E-state index contributed by atoms with van der Waals surface area (Å²) in [6.45, 7) is 8.36. The number of pyridine rings is 1. The number of rotatable bonds is 9. The molecule has 0 bridgehead atoms. The maximum atomic E-state index is 12.6. The summed E-state index contributed by atoms with van der Waals surface area (Å²) >= 11 is 1.50. The fraction of sp³-hybridized carbons (Fsp3) is 0.526. The van der Waals surface area contributed by atoms with Crippen LogP contribution in [-0.4, -0.2) is 22.1 Å². The predicted octanol–water partition coefficient (Wildman–Crippen LogP) is 4.61. The van der Waals surface area contributed by atoms with Crippen molar-refractivity contribution < 1.29 is 9.32 Å². The van der Waals surface area contributed by atoms with Crippen LogP contribution in [0.25, 0.3) is 0 Å². The topological polar surface area (TPSA) is 68.0 Å². The van der Waals surface area contributed by atoms with E-state index in [9.17, 15) is 4.79 Å². The predicted molar refractivity (Wildman–Crippen MR) is 101 cm³/mol. The van der Waals surface area contributed by atoms with Gasteiger partial charge in [-0.25, -0.2) is 4.98 Å². The van der Waals surface area contributed by atoms with E-state index in [0.717, 1.165) is 29.3 Å². The molecule has 1 N–H and O–H groups in total. The molecule has 2 rings (SSSR count). The quantitative estimate of drug-likeness (QED) is 0.660. The molecule has 0 aliphatic heterocycles. The maximum absolute atomic E-state index is 12.6. The second-order valence-electron chi connectivity index (χ2n) is 6.77. The van der Waals surface area contributed by atoms with Gasteiger partial charge in [0.25, 0.3) is 5.91 Å². The average molecular weight is 362 g/mol. The van der Waals surface area contributed by atoms with Gasteiger partial charge in [0.1, 0.15) is 10.8 Å². The van der Waals surface area contributed by atoms with E-state index in [2.05, 4.69) is 36.2 Å². The molecule has 2 aromatic rings. The molecule has 0 saturated carbocycles. The summed E-state index contributed by atoms with van der Waals surface area (Å²) in [6.07, 6.45) is 5.01. The molecule has 0 aromatic carbocycles. The van der Waals surface area contributed by atoms with Crippen LogP contribution in [0.1, 0.15) is 61.8 Å². The van der Waals surface area contributed by atoms with E-state index in [4.69, 9.17) is 4.52 Å². The van der Waals surface area contributed by atoms with Crippen molar-refractivity contribution in [3.8, 4) is 0 Å². The smallest absolute Gasteiger partial charge is 0.254 e. The Balaban J connectivity index is 1.92. The molecule has 0 aliphatic carbocycles. The second-order valence-corrected chi connectivity index (χ2v) is 7.74. The van der Waals surface area contributed by atoms with E-state index in [-0.39, 0.29) is 11.9 Å². The third kappa shape index (κ3) is 6.53. The first-order valence-corrected chi connectivity index (χ1v) is 9.75. The number of amides is 1. The summed E-state index contributed by atoms with van der Waals surface area (Å²) < 4.78 is 5.07. The number of carbonyl (C=O) groups excluding carboxylic acids is 1. The van der Waals surface area contributed by atoms with Crippen molar-refractivity contribution in [1.82, 2.24) is 15.5 Å². The molecule has 0 fully saturated rings. The van der Waals surface area contributed by atoms with Gasteiger partial charge >= 0.3 is 0 Å². The molecule has 0 spiro atoms. The largest absolute Gasteiger partial charge is 0.361 e. The Labute approximate surface area is 154 Å². The zero-order chi connectivity index (χ0) is 18.2. The van der Waals surface area contributed by atoms with E-state index < -0.39 is 0 Å². The van der Waals surface area contributed by atoms with E-state index >= 15 is 0 Å². The molecule has 2 aromatic heterocycles. The fourth-order valence-corrected chi connectivity index (χ4v) is 3.39. The van der Waals surface area contributed by atoms with Crippen LogP contribution >= 0.6 is 11.8 Å². The number of aromatic nitrogens is 2. The molecule has 25 heavy (non-hydrogen) atoms. The van der Waals surface area contributed by atoms with Crippen molar-refractivity contribution in [3.05, 3.63) is 41.4 Å². The number of aryl methyl sites for hydroxylation is 1. The first-order chi connectivity index (χ1) is 12.0. The fourth-order valence-electron chi connectivity index (χ4n) is 2.51. The Morgan fingerprint density at radius 2 is 2.12 bits per heavy atom. The van der Waals surface area contributed by atoms with Crippen LogP contribution in [0.5, 0.6) is 0 Å². The minimum absolute atomic E-state index is 0.0658. The van der Waals surface area contributed by atoms with Crippen LogP contribution in [0, 0.1) is 12.8 Å². The number of nitrogens with zero attached hydrogens (tertiary/aromatic N) is 2. The van der Waals surface area contributed by atoms with Gasteiger partial charge in [-0.05, 0) is 38.3 Å². The van der Waals surface area contributed by atoms with Crippen LogP contribution in [0.15, 0.2) is 33.9 Å². The second kappa shape index (κ2) is 9.61. The van der Waals surface area contributed by atoms with Crippen LogP contribution in [0.2, 0.25) is 0 Å². The molecule has 0 radical (unpaired) electrons. The summed E-state index contributed by atoms with van der Waals surface area (Å²) in [5, 5.41) is 7.78. The number of thioether (sulfide) groups is 1. The lowest BCUT2D eigenvalue weighted by Gasteiger charge is -2.15. The third-order valence-corrected chi connectivity index (χ3v) is 4.88. The molecule has 1 amide bonds. The molecular weight excluding hydrogens is 334 g/mol. The zero-order valence-electron chi connectivity index (χ0n) is 15.4. The summed E-state index contributed by atoms with van der Waals surface area (Å²) in [7, 11) is 0. The molecule has 0 aliphatic rings. The van der Waals surface area contributed by atoms with Gasteiger partial charge in [0.15, 0.2) is 0 Å². The Bertz CT molecular complexity index is 685. The lowest BCUT2D eigenvalue weighted by atomic mass is 10.0. The standard InChI is InChI=1S/C19H27N3O2S/c1-13(2)7-5-8-14(3)21-18(23)17-9-6-10-20-19(17)25-12-16-11-15(4)24-22-16/h6,9-11,13-14H,5,7-8,12H2,1-4H3,(H,21,23). The highest BCUT2D eigenvalue weighted by Gasteiger charge is 2.15. The van der Waals surface area contributed by atoms with E-state index in [1.54, 1.807) is 12.3 Å². The van der Waals surface area contributed by atoms with E-state index in [1.165, 1.54) is 18.2 Å². The summed E-state index contributed by atoms with van der Waals surface area (Å²) in [6, 6.07) is 5.66. The van der Waals surface area contributed by atoms with Gasteiger partial charge < -0.3 is 9.84 Å². The van der Waals surface area contributed by atoms with E-state index in [1.807, 2.05) is 19.1 Å². The Morgan fingerprint density at radius 1 is 1.32 bits per heavy atom. The van der Waals surface area contributed by atoms with Crippen LogP contribution in [0.4, 0.5) is 0 Å². The first-order valence-electron chi connectivity index (χ1n) is 8.76. The number of hydrogen-bond acceptors (Lipinski definition) is 5. The highest BCUT2D eigenvalue weighted by molar-refractivity contribution is 7.98. The third-order valence-electron chi connectivity index (χ3n) is 3.85. The average Bonchev–Trinajstić information content (AvgIpc) is 2.98. The minimum atomic E-state index is -0.0658. The van der Waals surface area contributed by atoms with Crippen molar-refractivity contribution in [2.75, 3.05) is 0 Å². The molecule has 136 valence electrons.